The molecule has 0 saturated heterocycles. The maximum absolute atomic E-state index is 12.5. The fourth-order valence-electron chi connectivity index (χ4n) is 1.09. The van der Waals surface area contributed by atoms with E-state index < -0.39 is 31.1 Å². The van der Waals surface area contributed by atoms with Crippen molar-refractivity contribution in [3.8, 4) is 0 Å². The molecule has 0 spiro atoms. The molecule has 96 valence electrons. The molecule has 1 rings (SSSR count). The van der Waals surface area contributed by atoms with Crippen LogP contribution in [0.3, 0.4) is 0 Å². The third-order valence-corrected chi connectivity index (χ3v) is 2.25. The second-order valence-corrected chi connectivity index (χ2v) is 4.10. The largest absolute Gasteiger partial charge is 0.390 e. The Bertz CT molecular complexity index is 380. The van der Waals surface area contributed by atoms with Gasteiger partial charge in [0.05, 0.1) is 12.0 Å². The number of rotatable bonds is 4. The van der Waals surface area contributed by atoms with Crippen molar-refractivity contribution >= 4 is 21.7 Å². The first-order valence-electron chi connectivity index (χ1n) is 4.54. The van der Waals surface area contributed by atoms with Gasteiger partial charge in [-0.3, -0.25) is 0 Å². The molecule has 0 bridgehead atoms. The Labute approximate surface area is 102 Å². The van der Waals surface area contributed by atoms with E-state index in [1.807, 2.05) is 0 Å². The van der Waals surface area contributed by atoms with Gasteiger partial charge in [-0.2, -0.15) is 13.2 Å². The lowest BCUT2D eigenvalue weighted by molar-refractivity contribution is -0.131. The summed E-state index contributed by atoms with van der Waals surface area (Å²) in [6, 6.07) is 1.12. The molecule has 0 amide bonds. The van der Waals surface area contributed by atoms with Crippen LogP contribution in [0.25, 0.3) is 0 Å². The Morgan fingerprint density at radius 2 is 2.00 bits per heavy atom. The lowest BCUT2D eigenvalue weighted by atomic mass is 10.2. The smallest absolute Gasteiger partial charge is 0.369 e. The van der Waals surface area contributed by atoms with Crippen molar-refractivity contribution in [2.45, 2.75) is 19.0 Å². The highest BCUT2D eigenvalue weighted by Crippen LogP contribution is 2.28. The molecule has 0 atom stereocenters. The molecule has 8 heteroatoms. The summed E-state index contributed by atoms with van der Waals surface area (Å²) in [5.74, 6) is -0.229. The number of hydrogen-bond acceptors (Lipinski definition) is 2. The quantitative estimate of drug-likeness (QED) is 0.844. The second-order valence-electron chi connectivity index (χ2n) is 3.18. The molecular weight excluding hydrogens is 311 g/mol. The highest BCUT2D eigenvalue weighted by molar-refractivity contribution is 9.10. The molecule has 0 aromatic carbocycles. The molecule has 2 nitrogen and oxygen atoms in total. The van der Waals surface area contributed by atoms with E-state index in [1.54, 1.807) is 0 Å². The molecule has 1 aromatic rings. The Kier molecular flexibility index (Phi) is 4.67. The number of nitrogens with zero attached hydrogens (tertiary/aromatic N) is 1. The van der Waals surface area contributed by atoms with Gasteiger partial charge in [0.1, 0.15) is 5.82 Å². The van der Waals surface area contributed by atoms with Crippen LogP contribution >= 0.6 is 15.9 Å². The maximum atomic E-state index is 12.5. The Hall–Kier alpha value is -0.920. The summed E-state index contributed by atoms with van der Waals surface area (Å²) in [5.41, 5.74) is -0.429. The molecule has 1 heterocycles. The van der Waals surface area contributed by atoms with E-state index in [1.165, 1.54) is 6.20 Å². The third kappa shape index (κ3) is 4.84. The van der Waals surface area contributed by atoms with Gasteiger partial charge in [0.25, 0.3) is 6.43 Å². The molecule has 1 N–H and O–H groups in total. The van der Waals surface area contributed by atoms with E-state index in [2.05, 4.69) is 26.2 Å². The lowest BCUT2D eigenvalue weighted by Gasteiger charge is -2.11. The van der Waals surface area contributed by atoms with Crippen LogP contribution in [0.5, 0.6) is 0 Å². The minimum atomic E-state index is -4.33. The molecular formula is C9H8BrF5N2. The topological polar surface area (TPSA) is 24.9 Å². The highest BCUT2D eigenvalue weighted by Gasteiger charge is 2.26. The summed E-state index contributed by atoms with van der Waals surface area (Å²) >= 11 is 2.96. The minimum absolute atomic E-state index is 0.229. The monoisotopic (exact) mass is 318 g/mol. The Morgan fingerprint density at radius 3 is 2.53 bits per heavy atom. The van der Waals surface area contributed by atoms with E-state index in [0.29, 0.717) is 4.47 Å². The van der Waals surface area contributed by atoms with E-state index in [9.17, 15) is 22.0 Å². The number of alkyl halides is 5. The SMILES string of the molecule is FC(F)c1cc(Br)cnc1NCCC(F)(F)F. The van der Waals surface area contributed by atoms with Crippen LogP contribution in [0, 0.1) is 0 Å². The van der Waals surface area contributed by atoms with Crippen molar-refractivity contribution in [2.75, 3.05) is 11.9 Å². The standard InChI is InChI=1S/C9H8BrF5N2/c10-5-3-6(7(11)12)8(17-4-5)16-2-1-9(13,14)15/h3-4,7H,1-2H2,(H,16,17). The van der Waals surface area contributed by atoms with Gasteiger partial charge in [0, 0.05) is 17.2 Å². The fraction of sp³-hybridized carbons (Fsp3) is 0.444. The third-order valence-electron chi connectivity index (χ3n) is 1.82. The van der Waals surface area contributed by atoms with Crippen LogP contribution in [0.1, 0.15) is 18.4 Å². The first kappa shape index (κ1) is 14.1. The van der Waals surface area contributed by atoms with E-state index in [4.69, 9.17) is 0 Å². The molecule has 1 aromatic heterocycles. The Balaban J connectivity index is 2.70. The molecule has 0 aliphatic rings. The van der Waals surface area contributed by atoms with Crippen molar-refractivity contribution in [1.29, 1.82) is 0 Å². The van der Waals surface area contributed by atoms with Crippen molar-refractivity contribution in [3.05, 3.63) is 22.3 Å². The average molecular weight is 319 g/mol. The van der Waals surface area contributed by atoms with Crippen LogP contribution in [0.15, 0.2) is 16.7 Å². The van der Waals surface area contributed by atoms with Gasteiger partial charge >= 0.3 is 6.18 Å². The van der Waals surface area contributed by atoms with Crippen molar-refractivity contribution < 1.29 is 22.0 Å². The lowest BCUT2D eigenvalue weighted by Crippen LogP contribution is -2.16. The van der Waals surface area contributed by atoms with Gasteiger partial charge in [-0.1, -0.05) is 0 Å². The van der Waals surface area contributed by atoms with Crippen LogP contribution in [0.2, 0.25) is 0 Å². The predicted molar refractivity (Wildman–Crippen MR) is 56.1 cm³/mol. The van der Waals surface area contributed by atoms with Crippen LogP contribution in [-0.4, -0.2) is 17.7 Å². The molecule has 0 aliphatic carbocycles. The summed E-state index contributed by atoms with van der Waals surface area (Å²) < 4.78 is 61.0. The first-order chi connectivity index (χ1) is 7.79. The summed E-state index contributed by atoms with van der Waals surface area (Å²) in [6.07, 6.45) is -6.99. The minimum Gasteiger partial charge on any atom is -0.369 e. The van der Waals surface area contributed by atoms with Crippen LogP contribution in [-0.2, 0) is 0 Å². The molecule has 0 radical (unpaired) electrons. The predicted octanol–water partition coefficient (Wildman–Crippen LogP) is 4.15. The van der Waals surface area contributed by atoms with E-state index in [-0.39, 0.29) is 5.82 Å². The van der Waals surface area contributed by atoms with Crippen molar-refractivity contribution in [3.63, 3.8) is 0 Å². The number of aromatic nitrogens is 1. The van der Waals surface area contributed by atoms with Crippen molar-refractivity contribution in [1.82, 2.24) is 4.98 Å². The van der Waals surface area contributed by atoms with Gasteiger partial charge in [0.15, 0.2) is 0 Å². The van der Waals surface area contributed by atoms with Gasteiger partial charge in [-0.05, 0) is 22.0 Å². The zero-order valence-corrected chi connectivity index (χ0v) is 9.95. The fourth-order valence-corrected chi connectivity index (χ4v) is 1.44. The zero-order chi connectivity index (χ0) is 13.1. The summed E-state index contributed by atoms with van der Waals surface area (Å²) in [4.78, 5) is 3.61. The van der Waals surface area contributed by atoms with Gasteiger partial charge in [-0.25, -0.2) is 13.8 Å². The maximum Gasteiger partial charge on any atom is 0.390 e. The molecule has 0 fully saturated rings. The summed E-state index contributed by atoms with van der Waals surface area (Å²) in [7, 11) is 0. The summed E-state index contributed by atoms with van der Waals surface area (Å²) in [5, 5.41) is 2.25. The number of anilines is 1. The average Bonchev–Trinajstić information content (AvgIpc) is 2.18. The number of halogens is 6. The van der Waals surface area contributed by atoms with Gasteiger partial charge < -0.3 is 5.32 Å². The number of hydrogen-bond donors (Lipinski definition) is 1. The number of nitrogens with one attached hydrogen (secondary N) is 1. The second kappa shape index (κ2) is 5.61. The molecule has 0 unspecified atom stereocenters. The van der Waals surface area contributed by atoms with Gasteiger partial charge in [-0.15, -0.1) is 0 Å². The zero-order valence-electron chi connectivity index (χ0n) is 8.36. The summed E-state index contributed by atoms with van der Waals surface area (Å²) in [6.45, 7) is -0.488. The van der Waals surface area contributed by atoms with E-state index in [0.717, 1.165) is 6.07 Å². The molecule has 0 aliphatic heterocycles. The van der Waals surface area contributed by atoms with Crippen LogP contribution < -0.4 is 5.32 Å². The number of pyridine rings is 1. The van der Waals surface area contributed by atoms with E-state index >= 15 is 0 Å². The molecule has 0 saturated carbocycles. The van der Waals surface area contributed by atoms with Crippen LogP contribution in [0.4, 0.5) is 27.8 Å². The van der Waals surface area contributed by atoms with Crippen molar-refractivity contribution in [2.24, 2.45) is 0 Å². The van der Waals surface area contributed by atoms with Gasteiger partial charge in [0.2, 0.25) is 0 Å². The normalized spacial score (nSPS) is 11.9. The highest BCUT2D eigenvalue weighted by atomic mass is 79.9. The molecule has 17 heavy (non-hydrogen) atoms. The Morgan fingerprint density at radius 1 is 1.35 bits per heavy atom. The first-order valence-corrected chi connectivity index (χ1v) is 5.33.